The van der Waals surface area contributed by atoms with Gasteiger partial charge in [0.2, 0.25) is 0 Å². The van der Waals surface area contributed by atoms with E-state index in [1.807, 2.05) is 12.1 Å². The fourth-order valence-corrected chi connectivity index (χ4v) is 2.86. The van der Waals surface area contributed by atoms with Gasteiger partial charge in [0.25, 0.3) is 5.91 Å². The van der Waals surface area contributed by atoms with E-state index in [-0.39, 0.29) is 21.7 Å². The first-order chi connectivity index (χ1) is 11.0. The van der Waals surface area contributed by atoms with E-state index >= 15 is 0 Å². The lowest BCUT2D eigenvalue weighted by Crippen LogP contribution is -2.26. The van der Waals surface area contributed by atoms with Crippen molar-refractivity contribution in [3.63, 3.8) is 0 Å². The van der Waals surface area contributed by atoms with Crippen LogP contribution in [0.5, 0.6) is 0 Å². The van der Waals surface area contributed by atoms with Gasteiger partial charge in [-0.05, 0) is 43.3 Å². The smallest absolute Gasteiger partial charge is 0.253 e. The Kier molecular flexibility index (Phi) is 6.45. The molecule has 1 amide bonds. The molecular weight excluding hydrogens is 358 g/mol. The largest absolute Gasteiger partial charge is 0.272 e. The third-order valence-electron chi connectivity index (χ3n) is 2.86. The Hall–Kier alpha value is -1.56. The van der Waals surface area contributed by atoms with E-state index in [1.54, 1.807) is 25.1 Å². The number of nitrogens with one attached hydrogen (secondary N) is 1. The number of amides is 1. The number of halogens is 3. The molecule has 0 saturated carbocycles. The van der Waals surface area contributed by atoms with Gasteiger partial charge in [0, 0.05) is 15.5 Å². The van der Waals surface area contributed by atoms with Gasteiger partial charge in [0.1, 0.15) is 5.82 Å². The first kappa shape index (κ1) is 17.8. The van der Waals surface area contributed by atoms with Crippen LogP contribution < -0.4 is 5.43 Å². The summed E-state index contributed by atoms with van der Waals surface area (Å²) in [4.78, 5) is 12.9. The van der Waals surface area contributed by atoms with E-state index < -0.39 is 5.82 Å². The number of hydrazone groups is 1. The standard InChI is InChI=1S/C16H13Cl2FN2OS/c1-10(23-12-7-5-11(17)6-8-12)16(22)21-20-9-13-14(18)3-2-4-15(13)19/h2-10H,1H3,(H,21,22)/b20-9+. The molecule has 0 aromatic heterocycles. The zero-order valence-corrected chi connectivity index (χ0v) is 14.4. The van der Waals surface area contributed by atoms with Crippen molar-refractivity contribution in [2.45, 2.75) is 17.1 Å². The Morgan fingerprint density at radius 1 is 1.26 bits per heavy atom. The van der Waals surface area contributed by atoms with Gasteiger partial charge in [0.05, 0.1) is 16.5 Å². The van der Waals surface area contributed by atoms with Crippen LogP contribution >= 0.6 is 35.0 Å². The second-order valence-electron chi connectivity index (χ2n) is 4.58. The van der Waals surface area contributed by atoms with Crippen LogP contribution in [0.3, 0.4) is 0 Å². The van der Waals surface area contributed by atoms with Gasteiger partial charge in [-0.2, -0.15) is 5.10 Å². The van der Waals surface area contributed by atoms with Crippen molar-refractivity contribution in [2.24, 2.45) is 5.10 Å². The average Bonchev–Trinajstić information content (AvgIpc) is 2.52. The molecule has 1 N–H and O–H groups in total. The summed E-state index contributed by atoms with van der Waals surface area (Å²) in [7, 11) is 0. The average molecular weight is 371 g/mol. The van der Waals surface area contributed by atoms with Gasteiger partial charge < -0.3 is 0 Å². The highest BCUT2D eigenvalue weighted by Crippen LogP contribution is 2.24. The normalized spacial score (nSPS) is 12.3. The molecule has 0 heterocycles. The van der Waals surface area contributed by atoms with Crippen molar-refractivity contribution in [1.29, 1.82) is 0 Å². The van der Waals surface area contributed by atoms with Crippen molar-refractivity contribution in [3.8, 4) is 0 Å². The van der Waals surface area contributed by atoms with Crippen LogP contribution in [0.1, 0.15) is 12.5 Å². The van der Waals surface area contributed by atoms with Gasteiger partial charge in [-0.25, -0.2) is 9.82 Å². The summed E-state index contributed by atoms with van der Waals surface area (Å²) in [6.45, 7) is 1.75. The molecule has 0 aliphatic heterocycles. The molecule has 0 saturated heterocycles. The van der Waals surface area contributed by atoms with Crippen LogP contribution in [0.15, 0.2) is 52.5 Å². The summed E-state index contributed by atoms with van der Waals surface area (Å²) in [5.41, 5.74) is 2.51. The van der Waals surface area contributed by atoms with Gasteiger partial charge >= 0.3 is 0 Å². The molecule has 0 radical (unpaired) electrons. The number of carbonyl (C=O) groups is 1. The molecule has 3 nitrogen and oxygen atoms in total. The van der Waals surface area contributed by atoms with E-state index in [9.17, 15) is 9.18 Å². The molecule has 1 atom stereocenters. The van der Waals surface area contributed by atoms with Gasteiger partial charge in [-0.15, -0.1) is 11.8 Å². The Balaban J connectivity index is 1.93. The lowest BCUT2D eigenvalue weighted by molar-refractivity contribution is -0.120. The number of thioether (sulfide) groups is 1. The molecular formula is C16H13Cl2FN2OS. The van der Waals surface area contributed by atoms with Crippen molar-refractivity contribution in [2.75, 3.05) is 0 Å². The van der Waals surface area contributed by atoms with Crippen molar-refractivity contribution < 1.29 is 9.18 Å². The van der Waals surface area contributed by atoms with E-state index in [4.69, 9.17) is 23.2 Å². The number of hydrogen-bond acceptors (Lipinski definition) is 3. The Morgan fingerprint density at radius 2 is 1.96 bits per heavy atom. The van der Waals surface area contributed by atoms with Crippen LogP contribution in [0.4, 0.5) is 4.39 Å². The molecule has 120 valence electrons. The van der Waals surface area contributed by atoms with E-state index in [1.165, 1.54) is 30.1 Å². The van der Waals surface area contributed by atoms with Gasteiger partial charge in [0.15, 0.2) is 0 Å². The molecule has 7 heteroatoms. The topological polar surface area (TPSA) is 41.5 Å². The van der Waals surface area contributed by atoms with Crippen LogP contribution in [0.2, 0.25) is 10.0 Å². The number of carbonyl (C=O) groups excluding carboxylic acids is 1. The third-order valence-corrected chi connectivity index (χ3v) is 4.56. The molecule has 0 aliphatic rings. The SMILES string of the molecule is CC(Sc1ccc(Cl)cc1)C(=O)N/N=C/c1c(F)cccc1Cl. The highest BCUT2D eigenvalue weighted by Gasteiger charge is 2.13. The van der Waals surface area contributed by atoms with Gasteiger partial charge in [-0.1, -0.05) is 29.3 Å². The summed E-state index contributed by atoms with van der Waals surface area (Å²) >= 11 is 13.1. The van der Waals surface area contributed by atoms with E-state index in [0.717, 1.165) is 4.90 Å². The molecule has 23 heavy (non-hydrogen) atoms. The second-order valence-corrected chi connectivity index (χ2v) is 6.84. The molecule has 0 spiro atoms. The predicted octanol–water partition coefficient (Wildman–Crippen LogP) is 4.76. The minimum absolute atomic E-state index is 0.132. The highest BCUT2D eigenvalue weighted by atomic mass is 35.5. The maximum atomic E-state index is 13.6. The minimum atomic E-state index is -0.501. The zero-order chi connectivity index (χ0) is 16.8. The number of rotatable bonds is 5. The maximum absolute atomic E-state index is 13.6. The number of nitrogens with zero attached hydrogens (tertiary/aromatic N) is 1. The van der Waals surface area contributed by atoms with Crippen LogP contribution in [-0.4, -0.2) is 17.4 Å². The predicted molar refractivity (Wildman–Crippen MR) is 93.9 cm³/mol. The molecule has 0 bridgehead atoms. The number of benzene rings is 2. The number of hydrogen-bond donors (Lipinski definition) is 1. The van der Waals surface area contributed by atoms with Crippen LogP contribution in [-0.2, 0) is 4.79 Å². The van der Waals surface area contributed by atoms with Crippen LogP contribution in [0.25, 0.3) is 0 Å². The van der Waals surface area contributed by atoms with Gasteiger partial charge in [-0.3, -0.25) is 4.79 Å². The first-order valence-electron chi connectivity index (χ1n) is 6.66. The summed E-state index contributed by atoms with van der Waals surface area (Å²) in [5, 5.41) is 4.25. The quantitative estimate of drug-likeness (QED) is 0.468. The highest BCUT2D eigenvalue weighted by molar-refractivity contribution is 8.00. The lowest BCUT2D eigenvalue weighted by atomic mass is 10.2. The van der Waals surface area contributed by atoms with Crippen molar-refractivity contribution >= 4 is 47.1 Å². The zero-order valence-electron chi connectivity index (χ0n) is 12.1. The molecule has 0 aliphatic carbocycles. The Labute approximate surface area is 147 Å². The van der Waals surface area contributed by atoms with E-state index in [2.05, 4.69) is 10.5 Å². The summed E-state index contributed by atoms with van der Waals surface area (Å²) in [6, 6.07) is 11.5. The Bertz CT molecular complexity index is 702. The molecule has 2 aromatic rings. The molecule has 2 rings (SSSR count). The van der Waals surface area contributed by atoms with Crippen LogP contribution in [0, 0.1) is 5.82 Å². The maximum Gasteiger partial charge on any atom is 0.253 e. The fourth-order valence-electron chi connectivity index (χ4n) is 1.66. The summed E-state index contributed by atoms with van der Waals surface area (Å²) in [5.74, 6) is -0.798. The molecule has 2 aromatic carbocycles. The lowest BCUT2D eigenvalue weighted by Gasteiger charge is -2.09. The second kappa shape index (κ2) is 8.34. The first-order valence-corrected chi connectivity index (χ1v) is 8.30. The summed E-state index contributed by atoms with van der Waals surface area (Å²) < 4.78 is 13.6. The summed E-state index contributed by atoms with van der Waals surface area (Å²) in [6.07, 6.45) is 1.19. The fraction of sp³-hybridized carbons (Fsp3) is 0.125. The monoisotopic (exact) mass is 370 g/mol. The minimum Gasteiger partial charge on any atom is -0.272 e. The van der Waals surface area contributed by atoms with E-state index in [0.29, 0.717) is 5.02 Å². The van der Waals surface area contributed by atoms with Crippen molar-refractivity contribution in [1.82, 2.24) is 5.43 Å². The molecule has 0 fully saturated rings. The molecule has 1 unspecified atom stereocenters. The Morgan fingerprint density at radius 3 is 2.61 bits per heavy atom. The third kappa shape index (κ3) is 5.23. The van der Waals surface area contributed by atoms with Crippen molar-refractivity contribution in [3.05, 3.63) is 63.9 Å².